The van der Waals surface area contributed by atoms with Crippen molar-refractivity contribution in [2.45, 2.75) is 6.42 Å². The smallest absolute Gasteiger partial charge is 0.0537 e. The van der Waals surface area contributed by atoms with Gasteiger partial charge >= 0.3 is 0 Å². The summed E-state index contributed by atoms with van der Waals surface area (Å²) in [6.45, 7) is 0. The van der Waals surface area contributed by atoms with E-state index in [1.165, 1.54) is 39.3 Å². The van der Waals surface area contributed by atoms with Crippen LogP contribution in [0.3, 0.4) is 0 Å². The first-order valence-electron chi connectivity index (χ1n) is 10.3. The van der Waals surface area contributed by atoms with E-state index >= 15 is 0 Å². The summed E-state index contributed by atoms with van der Waals surface area (Å²) < 4.78 is 2.42. The molecule has 1 heterocycles. The summed E-state index contributed by atoms with van der Waals surface area (Å²) in [5, 5.41) is 0. The monoisotopic (exact) mass is 385 g/mol. The van der Waals surface area contributed by atoms with E-state index < -0.39 is 0 Å². The van der Waals surface area contributed by atoms with E-state index in [2.05, 4.69) is 132 Å². The van der Waals surface area contributed by atoms with Crippen LogP contribution in [-0.2, 0) is 6.42 Å². The van der Waals surface area contributed by atoms with Gasteiger partial charge in [0.2, 0.25) is 0 Å². The quantitative estimate of drug-likeness (QED) is 0.297. The van der Waals surface area contributed by atoms with Crippen LogP contribution >= 0.6 is 0 Å². The summed E-state index contributed by atoms with van der Waals surface area (Å²) >= 11 is 0. The second kappa shape index (κ2) is 8.26. The molecule has 0 fully saturated rings. The summed E-state index contributed by atoms with van der Waals surface area (Å²) in [5.41, 5.74) is 8.76. The van der Waals surface area contributed by atoms with E-state index in [1.807, 2.05) is 0 Å². The highest BCUT2D eigenvalue weighted by atomic mass is 15.0. The van der Waals surface area contributed by atoms with Gasteiger partial charge in [0.05, 0.1) is 5.69 Å². The molecule has 0 saturated carbocycles. The van der Waals surface area contributed by atoms with Crippen LogP contribution in [0.15, 0.2) is 127 Å². The Morgan fingerprint density at radius 3 is 1.60 bits per heavy atom. The maximum atomic E-state index is 2.42. The third kappa shape index (κ3) is 3.58. The number of aromatic nitrogens is 1. The van der Waals surface area contributed by atoms with Gasteiger partial charge in [-0.3, -0.25) is 0 Å². The molecule has 0 radical (unpaired) electrons. The minimum atomic E-state index is 0.868. The highest BCUT2D eigenvalue weighted by molar-refractivity contribution is 5.77. The zero-order valence-corrected chi connectivity index (χ0v) is 16.8. The van der Waals surface area contributed by atoms with Crippen LogP contribution in [0.25, 0.3) is 28.1 Å². The standard InChI is InChI=1S/C29H23N/c1-5-13-23(14-6-1)21-29-27(24-15-7-2-8-16-24)22-28(25-17-9-3-10-18-25)30(29)26-19-11-4-12-20-26/h1-20,22H,21H2. The molecule has 0 aliphatic rings. The normalized spacial score (nSPS) is 10.8. The molecule has 4 aromatic carbocycles. The zero-order valence-electron chi connectivity index (χ0n) is 16.8. The highest BCUT2D eigenvalue weighted by Crippen LogP contribution is 2.36. The van der Waals surface area contributed by atoms with Crippen molar-refractivity contribution >= 4 is 0 Å². The van der Waals surface area contributed by atoms with Crippen LogP contribution in [0.2, 0.25) is 0 Å². The van der Waals surface area contributed by atoms with E-state index in [4.69, 9.17) is 0 Å². The van der Waals surface area contributed by atoms with Crippen molar-refractivity contribution in [1.82, 2.24) is 4.57 Å². The van der Waals surface area contributed by atoms with Gasteiger partial charge in [-0.1, -0.05) is 109 Å². The molecule has 0 spiro atoms. The third-order valence-electron chi connectivity index (χ3n) is 5.49. The van der Waals surface area contributed by atoms with Crippen molar-refractivity contribution in [3.05, 3.63) is 139 Å². The van der Waals surface area contributed by atoms with Crippen molar-refractivity contribution in [3.8, 4) is 28.1 Å². The Hall–Kier alpha value is -3.84. The second-order valence-corrected chi connectivity index (χ2v) is 7.46. The maximum absolute atomic E-state index is 2.42. The lowest BCUT2D eigenvalue weighted by Crippen LogP contribution is -2.04. The van der Waals surface area contributed by atoms with Gasteiger partial charge in [0.1, 0.15) is 0 Å². The fraction of sp³-hybridized carbons (Fsp3) is 0.0345. The minimum Gasteiger partial charge on any atom is -0.313 e. The van der Waals surface area contributed by atoms with Crippen molar-refractivity contribution in [2.75, 3.05) is 0 Å². The van der Waals surface area contributed by atoms with Crippen molar-refractivity contribution in [2.24, 2.45) is 0 Å². The number of nitrogens with zero attached hydrogens (tertiary/aromatic N) is 1. The summed E-state index contributed by atoms with van der Waals surface area (Å²) in [5.74, 6) is 0. The van der Waals surface area contributed by atoms with Gasteiger partial charge in [-0.05, 0) is 34.9 Å². The van der Waals surface area contributed by atoms with Gasteiger partial charge < -0.3 is 4.57 Å². The highest BCUT2D eigenvalue weighted by Gasteiger charge is 2.19. The Morgan fingerprint density at radius 1 is 0.500 bits per heavy atom. The lowest BCUT2D eigenvalue weighted by molar-refractivity contribution is 0.967. The van der Waals surface area contributed by atoms with Crippen molar-refractivity contribution in [3.63, 3.8) is 0 Å². The SMILES string of the molecule is c1ccc(Cc2c(-c3ccccc3)cc(-c3ccccc3)n2-c2ccccc2)cc1. The van der Waals surface area contributed by atoms with Crippen LogP contribution in [0.1, 0.15) is 11.3 Å². The van der Waals surface area contributed by atoms with Crippen LogP contribution in [-0.4, -0.2) is 4.57 Å². The zero-order chi connectivity index (χ0) is 20.2. The maximum Gasteiger partial charge on any atom is 0.0537 e. The Balaban J connectivity index is 1.80. The van der Waals surface area contributed by atoms with Gasteiger partial charge in [-0.25, -0.2) is 0 Å². The molecule has 1 aromatic heterocycles. The molecule has 0 amide bonds. The molecular formula is C29H23N. The van der Waals surface area contributed by atoms with Gasteiger partial charge in [0.15, 0.2) is 0 Å². The average molecular weight is 386 g/mol. The second-order valence-electron chi connectivity index (χ2n) is 7.46. The fourth-order valence-electron chi connectivity index (χ4n) is 4.07. The topological polar surface area (TPSA) is 4.93 Å². The molecule has 0 saturated heterocycles. The first kappa shape index (κ1) is 18.2. The number of hydrogen-bond acceptors (Lipinski definition) is 0. The summed E-state index contributed by atoms with van der Waals surface area (Å²) in [6, 6.07) is 45.1. The third-order valence-corrected chi connectivity index (χ3v) is 5.49. The fourth-order valence-corrected chi connectivity index (χ4v) is 4.07. The van der Waals surface area contributed by atoms with Gasteiger partial charge in [-0.15, -0.1) is 0 Å². The molecule has 5 rings (SSSR count). The first-order valence-corrected chi connectivity index (χ1v) is 10.3. The molecule has 0 aliphatic heterocycles. The van der Waals surface area contributed by atoms with Crippen molar-refractivity contribution in [1.29, 1.82) is 0 Å². The van der Waals surface area contributed by atoms with Crippen LogP contribution in [0.4, 0.5) is 0 Å². The number of rotatable bonds is 5. The predicted octanol–water partition coefficient (Wildman–Crippen LogP) is 7.40. The lowest BCUT2D eigenvalue weighted by atomic mass is 10.0. The molecule has 0 N–H and O–H groups in total. The molecule has 0 unspecified atom stereocenters. The molecule has 0 bridgehead atoms. The van der Waals surface area contributed by atoms with E-state index in [1.54, 1.807) is 0 Å². The predicted molar refractivity (Wildman–Crippen MR) is 126 cm³/mol. The Kier molecular flexibility index (Phi) is 5.01. The van der Waals surface area contributed by atoms with Crippen molar-refractivity contribution < 1.29 is 0 Å². The largest absolute Gasteiger partial charge is 0.313 e. The molecule has 0 aliphatic carbocycles. The van der Waals surface area contributed by atoms with Gasteiger partial charge in [-0.2, -0.15) is 0 Å². The molecule has 1 nitrogen and oxygen atoms in total. The van der Waals surface area contributed by atoms with E-state index in [0.717, 1.165) is 6.42 Å². The van der Waals surface area contributed by atoms with Crippen LogP contribution < -0.4 is 0 Å². The summed E-state index contributed by atoms with van der Waals surface area (Å²) in [4.78, 5) is 0. The Labute approximate surface area is 177 Å². The molecule has 30 heavy (non-hydrogen) atoms. The molecular weight excluding hydrogens is 362 g/mol. The Bertz CT molecular complexity index is 1220. The number of para-hydroxylation sites is 1. The average Bonchev–Trinajstić information content (AvgIpc) is 3.20. The molecule has 144 valence electrons. The molecule has 1 heteroatoms. The van der Waals surface area contributed by atoms with E-state index in [-0.39, 0.29) is 0 Å². The van der Waals surface area contributed by atoms with Crippen LogP contribution in [0.5, 0.6) is 0 Å². The van der Waals surface area contributed by atoms with Gasteiger partial charge in [0.25, 0.3) is 0 Å². The van der Waals surface area contributed by atoms with Crippen LogP contribution in [0, 0.1) is 0 Å². The first-order chi connectivity index (χ1) is 14.9. The number of hydrogen-bond donors (Lipinski definition) is 0. The lowest BCUT2D eigenvalue weighted by Gasteiger charge is -2.15. The molecule has 5 aromatic rings. The van der Waals surface area contributed by atoms with E-state index in [9.17, 15) is 0 Å². The van der Waals surface area contributed by atoms with Gasteiger partial charge in [0, 0.05) is 23.4 Å². The Morgan fingerprint density at radius 2 is 1.00 bits per heavy atom. The minimum absolute atomic E-state index is 0.868. The summed E-state index contributed by atoms with van der Waals surface area (Å²) in [6.07, 6.45) is 0.868. The summed E-state index contributed by atoms with van der Waals surface area (Å²) in [7, 11) is 0. The molecule has 0 atom stereocenters. The van der Waals surface area contributed by atoms with E-state index in [0.29, 0.717) is 0 Å². The number of benzene rings is 4.